The van der Waals surface area contributed by atoms with Gasteiger partial charge in [0.25, 0.3) is 0 Å². The number of aromatic amines is 1. The summed E-state index contributed by atoms with van der Waals surface area (Å²) < 4.78 is 1.15. The van der Waals surface area contributed by atoms with Crippen LogP contribution in [0.1, 0.15) is 51.0 Å². The van der Waals surface area contributed by atoms with E-state index in [1.165, 1.54) is 6.92 Å². The first-order valence-electron chi connectivity index (χ1n) is 8.58. The number of carbonyl (C=O) groups is 2. The maximum absolute atomic E-state index is 13.0. The third-order valence-corrected chi connectivity index (χ3v) is 5.82. The molecule has 0 fully saturated rings. The van der Waals surface area contributed by atoms with E-state index < -0.39 is 0 Å². The molecular weight excluding hydrogens is 346 g/mol. The largest absolute Gasteiger partial charge is 0.355 e. The van der Waals surface area contributed by atoms with Crippen molar-refractivity contribution in [3.8, 4) is 0 Å². The number of carbonyl (C=O) groups excluding carboxylic acids is 2. The molecule has 136 valence electrons. The van der Waals surface area contributed by atoms with Crippen LogP contribution in [0.2, 0.25) is 0 Å². The van der Waals surface area contributed by atoms with E-state index in [0.717, 1.165) is 26.5 Å². The number of hydrogen-bond acceptors (Lipinski definition) is 5. The van der Waals surface area contributed by atoms with Crippen LogP contribution >= 0.6 is 11.3 Å². The fourth-order valence-electron chi connectivity index (χ4n) is 3.27. The lowest BCUT2D eigenvalue weighted by Gasteiger charge is -2.22. The average Bonchev–Trinajstić information content (AvgIpc) is 3.12. The Kier molecular flexibility index (Phi) is 5.07. The number of likely N-dealkylation sites (N-methyl/N-ethyl adjacent to an activating group) is 1. The van der Waals surface area contributed by atoms with Crippen molar-refractivity contribution >= 4 is 33.1 Å². The number of ketones is 2. The lowest BCUT2D eigenvalue weighted by atomic mass is 10.0. The van der Waals surface area contributed by atoms with Gasteiger partial charge in [-0.15, -0.1) is 11.3 Å². The molecule has 0 saturated carbocycles. The van der Waals surface area contributed by atoms with E-state index in [4.69, 9.17) is 0 Å². The van der Waals surface area contributed by atoms with Crippen LogP contribution in [-0.2, 0) is 6.54 Å². The second-order valence-electron chi connectivity index (χ2n) is 6.71. The van der Waals surface area contributed by atoms with Gasteiger partial charge in [-0.2, -0.15) is 0 Å². The Bertz CT molecular complexity index is 953. The molecule has 0 aliphatic carbocycles. The highest BCUT2D eigenvalue weighted by molar-refractivity contribution is 7.18. The summed E-state index contributed by atoms with van der Waals surface area (Å²) >= 11 is 1.65. The summed E-state index contributed by atoms with van der Waals surface area (Å²) in [5.74, 6) is -0.0347. The topological polar surface area (TPSA) is 66.1 Å². The molecule has 1 N–H and O–H groups in total. The number of aryl methyl sites for hydroxylation is 1. The number of nitrogens with one attached hydrogen (secondary N) is 1. The molecule has 26 heavy (non-hydrogen) atoms. The van der Waals surface area contributed by atoms with Crippen molar-refractivity contribution in [2.75, 3.05) is 7.05 Å². The zero-order valence-corrected chi connectivity index (χ0v) is 16.5. The van der Waals surface area contributed by atoms with Crippen LogP contribution in [-0.4, -0.2) is 39.5 Å². The van der Waals surface area contributed by atoms with Crippen LogP contribution < -0.4 is 0 Å². The SMILES string of the molecule is CC(=O)c1c(C)[nH]c(C(=O)C(C)N(C)Cc2nc3ccccc3s2)c1C. The van der Waals surface area contributed by atoms with Gasteiger partial charge in [0.15, 0.2) is 11.6 Å². The Labute approximate surface area is 157 Å². The summed E-state index contributed by atoms with van der Waals surface area (Å²) in [5.41, 5.74) is 3.62. The van der Waals surface area contributed by atoms with Gasteiger partial charge >= 0.3 is 0 Å². The van der Waals surface area contributed by atoms with Crippen molar-refractivity contribution in [3.63, 3.8) is 0 Å². The van der Waals surface area contributed by atoms with Crippen molar-refractivity contribution in [1.29, 1.82) is 0 Å². The first-order valence-corrected chi connectivity index (χ1v) is 9.40. The summed E-state index contributed by atoms with van der Waals surface area (Å²) in [6.45, 7) is 7.67. The lowest BCUT2D eigenvalue weighted by molar-refractivity contribution is 0.0856. The van der Waals surface area contributed by atoms with Crippen molar-refractivity contribution in [2.45, 2.75) is 40.3 Å². The van der Waals surface area contributed by atoms with Crippen LogP contribution in [0.3, 0.4) is 0 Å². The molecule has 3 rings (SSSR count). The van der Waals surface area contributed by atoms with Crippen molar-refractivity contribution < 1.29 is 9.59 Å². The molecule has 0 radical (unpaired) electrons. The van der Waals surface area contributed by atoms with Gasteiger partial charge in [-0.3, -0.25) is 14.5 Å². The molecule has 1 aromatic carbocycles. The second-order valence-corrected chi connectivity index (χ2v) is 7.83. The third kappa shape index (κ3) is 3.34. The predicted molar refractivity (Wildman–Crippen MR) is 105 cm³/mol. The van der Waals surface area contributed by atoms with Crippen LogP contribution in [0, 0.1) is 13.8 Å². The number of rotatable bonds is 6. The number of benzene rings is 1. The van der Waals surface area contributed by atoms with Crippen LogP contribution in [0.15, 0.2) is 24.3 Å². The van der Waals surface area contributed by atoms with E-state index >= 15 is 0 Å². The van der Waals surface area contributed by atoms with E-state index in [9.17, 15) is 9.59 Å². The number of H-pyrrole nitrogens is 1. The van der Waals surface area contributed by atoms with Gasteiger partial charge in [-0.25, -0.2) is 4.98 Å². The molecule has 6 heteroatoms. The first-order chi connectivity index (χ1) is 12.3. The standard InChI is InChI=1S/C20H23N3O2S/c1-11-18(14(4)24)12(2)21-19(11)20(25)13(3)23(5)10-17-22-15-8-6-7-9-16(15)26-17/h6-9,13,21H,10H2,1-5H3. The van der Waals surface area contributed by atoms with Crippen LogP contribution in [0.5, 0.6) is 0 Å². The summed E-state index contributed by atoms with van der Waals surface area (Å²) in [6, 6.07) is 7.71. The Morgan fingerprint density at radius 2 is 1.96 bits per heavy atom. The van der Waals surface area contributed by atoms with E-state index in [0.29, 0.717) is 17.8 Å². The van der Waals surface area contributed by atoms with Gasteiger partial charge in [0.2, 0.25) is 0 Å². The highest BCUT2D eigenvalue weighted by Crippen LogP contribution is 2.24. The maximum Gasteiger partial charge on any atom is 0.196 e. The number of nitrogens with zero attached hydrogens (tertiary/aromatic N) is 2. The van der Waals surface area contributed by atoms with Crippen LogP contribution in [0.4, 0.5) is 0 Å². The summed E-state index contributed by atoms with van der Waals surface area (Å²) in [5, 5.41) is 0.983. The number of aromatic nitrogens is 2. The normalized spacial score (nSPS) is 12.7. The van der Waals surface area contributed by atoms with Gasteiger partial charge in [-0.1, -0.05) is 12.1 Å². The van der Waals surface area contributed by atoms with E-state index in [-0.39, 0.29) is 17.6 Å². The number of fused-ring (bicyclic) bond motifs is 1. The van der Waals surface area contributed by atoms with Crippen molar-refractivity contribution in [1.82, 2.24) is 14.9 Å². The highest BCUT2D eigenvalue weighted by Gasteiger charge is 2.26. The summed E-state index contributed by atoms with van der Waals surface area (Å²) in [6.07, 6.45) is 0. The minimum absolute atomic E-state index is 0.0123. The maximum atomic E-state index is 13.0. The number of hydrogen-bond donors (Lipinski definition) is 1. The smallest absolute Gasteiger partial charge is 0.196 e. The number of Topliss-reactive ketones (excluding diaryl/α,β-unsaturated/α-hetero) is 2. The molecule has 0 amide bonds. The Balaban J connectivity index is 1.79. The molecule has 0 bridgehead atoms. The molecule has 0 spiro atoms. The first kappa shape index (κ1) is 18.5. The van der Waals surface area contributed by atoms with Gasteiger partial charge in [0, 0.05) is 11.3 Å². The zero-order valence-electron chi connectivity index (χ0n) is 15.7. The Hall–Kier alpha value is -2.31. The molecule has 0 saturated heterocycles. The van der Waals surface area contributed by atoms with Crippen molar-refractivity contribution in [3.05, 3.63) is 51.8 Å². The predicted octanol–water partition coefficient (Wildman–Crippen LogP) is 4.15. The molecule has 0 aliphatic rings. The Morgan fingerprint density at radius 1 is 1.27 bits per heavy atom. The third-order valence-electron chi connectivity index (χ3n) is 4.80. The fourth-order valence-corrected chi connectivity index (χ4v) is 4.30. The zero-order chi connectivity index (χ0) is 19.0. The quantitative estimate of drug-likeness (QED) is 0.663. The molecule has 5 nitrogen and oxygen atoms in total. The Morgan fingerprint density at radius 3 is 2.58 bits per heavy atom. The van der Waals surface area contributed by atoms with Gasteiger partial charge in [0.1, 0.15) is 5.01 Å². The molecule has 0 aliphatic heterocycles. The van der Waals surface area contributed by atoms with E-state index in [1.807, 2.05) is 50.9 Å². The van der Waals surface area contributed by atoms with E-state index in [1.54, 1.807) is 11.3 Å². The summed E-state index contributed by atoms with van der Waals surface area (Å²) in [4.78, 5) is 34.5. The number of para-hydroxylation sites is 1. The minimum Gasteiger partial charge on any atom is -0.355 e. The fraction of sp³-hybridized carbons (Fsp3) is 0.350. The van der Waals surface area contributed by atoms with E-state index in [2.05, 4.69) is 16.0 Å². The van der Waals surface area contributed by atoms with Gasteiger partial charge in [-0.05, 0) is 52.4 Å². The average molecular weight is 369 g/mol. The van der Waals surface area contributed by atoms with Crippen LogP contribution in [0.25, 0.3) is 10.2 Å². The molecule has 2 aromatic heterocycles. The number of thiazole rings is 1. The highest BCUT2D eigenvalue weighted by atomic mass is 32.1. The second kappa shape index (κ2) is 7.13. The molecule has 2 heterocycles. The molecular formula is C20H23N3O2S. The van der Waals surface area contributed by atoms with Gasteiger partial charge in [0.05, 0.1) is 28.5 Å². The summed E-state index contributed by atoms with van der Waals surface area (Å²) in [7, 11) is 1.92. The molecule has 1 unspecified atom stereocenters. The monoisotopic (exact) mass is 369 g/mol. The lowest BCUT2D eigenvalue weighted by Crippen LogP contribution is -2.36. The van der Waals surface area contributed by atoms with Gasteiger partial charge < -0.3 is 4.98 Å². The van der Waals surface area contributed by atoms with Crippen molar-refractivity contribution in [2.24, 2.45) is 0 Å². The molecule has 1 atom stereocenters. The molecule has 3 aromatic rings. The minimum atomic E-state index is -0.321.